The van der Waals surface area contributed by atoms with Crippen molar-refractivity contribution >= 4 is 32.2 Å². The zero-order chi connectivity index (χ0) is 23.6. The monoisotopic (exact) mass is 485 g/mol. The Hall–Kier alpha value is -3.83. The van der Waals surface area contributed by atoms with E-state index < -0.39 is 33.0 Å². The summed E-state index contributed by atoms with van der Waals surface area (Å²) in [5, 5.41) is 3.34. The van der Waals surface area contributed by atoms with Crippen LogP contribution in [0.5, 0.6) is 0 Å². The first-order chi connectivity index (χ1) is 15.8. The summed E-state index contributed by atoms with van der Waals surface area (Å²) in [5.74, 6) is -3.29. The number of halogens is 2. The van der Waals surface area contributed by atoms with Crippen LogP contribution in [-0.2, 0) is 27.6 Å². The molecule has 0 fully saturated rings. The van der Waals surface area contributed by atoms with Gasteiger partial charge in [0, 0.05) is 37.1 Å². The Morgan fingerprint density at radius 2 is 1.88 bits per heavy atom. The highest BCUT2D eigenvalue weighted by Crippen LogP contribution is 2.31. The van der Waals surface area contributed by atoms with Gasteiger partial charge in [-0.05, 0) is 41.0 Å². The van der Waals surface area contributed by atoms with Crippen molar-refractivity contribution in [2.24, 2.45) is 5.11 Å². The number of rotatable bonds is 8. The molecule has 34 heavy (non-hydrogen) atoms. The summed E-state index contributed by atoms with van der Waals surface area (Å²) in [6.07, 6.45) is 2.55. The largest absolute Gasteiger partial charge is 0.693 e. The van der Waals surface area contributed by atoms with Gasteiger partial charge in [-0.2, -0.15) is 5.53 Å². The molecule has 4 N–H and O–H groups in total. The molecular formula is C23H21F2N5O3S. The van der Waals surface area contributed by atoms with Crippen LogP contribution in [0.25, 0.3) is 17.1 Å². The van der Waals surface area contributed by atoms with Gasteiger partial charge in [-0.15, -0.1) is 0 Å². The third kappa shape index (κ3) is 5.21. The smallest absolute Gasteiger partial charge is 0.187 e. The van der Waals surface area contributed by atoms with E-state index >= 15 is 0 Å². The standard InChI is InChI=1S/C23H18F2N4O3S.H2N/c24-16-9-20(25)23-21(10-16)29(12-15-4-3-6-18(8-15)28-26)13-22(23)33(31,32)14-19(30)11-17-5-1-2-7-27-17;/h1-10,13,26H,11-12,14H2;1H2/q;-1/p+1. The molecule has 0 radical (unpaired) electrons. The number of fused-ring (bicyclic) bond motifs is 1. The quantitative estimate of drug-likeness (QED) is 0.381. The summed E-state index contributed by atoms with van der Waals surface area (Å²) >= 11 is 0. The van der Waals surface area contributed by atoms with Gasteiger partial charge in [-0.25, -0.2) is 17.2 Å². The molecule has 0 aliphatic rings. The van der Waals surface area contributed by atoms with Crippen molar-refractivity contribution in [3.63, 3.8) is 0 Å². The topological polar surface area (TPSA) is 140 Å². The molecule has 4 rings (SSSR count). The third-order valence-electron chi connectivity index (χ3n) is 5.07. The minimum Gasteiger partial charge on any atom is -0.693 e. The molecule has 0 unspecified atom stereocenters. The van der Waals surface area contributed by atoms with Crippen LogP contribution in [0.1, 0.15) is 11.3 Å². The van der Waals surface area contributed by atoms with Crippen molar-refractivity contribution < 1.29 is 27.5 Å². The maximum atomic E-state index is 14.7. The predicted molar refractivity (Wildman–Crippen MR) is 122 cm³/mol. The average molecular weight is 486 g/mol. The highest BCUT2D eigenvalue weighted by atomic mass is 32.2. The first-order valence-electron chi connectivity index (χ1n) is 9.89. The Balaban J connectivity index is 0.00000324. The number of carbonyl (C=O) groups is 1. The minimum atomic E-state index is -4.22. The van der Waals surface area contributed by atoms with Gasteiger partial charge < -0.3 is 10.7 Å². The Bertz CT molecular complexity index is 1470. The zero-order valence-corrected chi connectivity index (χ0v) is 18.7. The SMILES string of the molecule is [NH2+]=Nc1cccc(Cn2cc(S(=O)(=O)CC(=O)Cc3ccccn3)c3c(F)cc(F)cc32)c1.[NH2-]. The normalized spacial score (nSPS) is 11.2. The van der Waals surface area contributed by atoms with Crippen LogP contribution in [-0.4, -0.2) is 29.5 Å². The lowest BCUT2D eigenvalue weighted by Crippen LogP contribution is -2.21. The molecule has 0 aliphatic carbocycles. The van der Waals surface area contributed by atoms with E-state index in [-0.39, 0.29) is 34.9 Å². The second-order valence-corrected chi connectivity index (χ2v) is 9.46. The third-order valence-corrected chi connectivity index (χ3v) is 6.75. The number of ketones is 1. The number of hydrogen-bond acceptors (Lipinski definition) is 5. The molecule has 11 heteroatoms. The highest BCUT2D eigenvalue weighted by Gasteiger charge is 2.27. The Morgan fingerprint density at radius 3 is 2.59 bits per heavy atom. The number of sulfone groups is 1. The Labute approximate surface area is 194 Å². The van der Waals surface area contributed by atoms with Gasteiger partial charge >= 0.3 is 0 Å². The Kier molecular flexibility index (Phi) is 7.28. The second-order valence-electron chi connectivity index (χ2n) is 7.50. The molecule has 0 saturated carbocycles. The highest BCUT2D eigenvalue weighted by molar-refractivity contribution is 7.92. The molecule has 0 amide bonds. The first kappa shape index (κ1) is 24.8. The van der Waals surface area contributed by atoms with Crippen LogP contribution in [0.3, 0.4) is 0 Å². The van der Waals surface area contributed by atoms with Gasteiger partial charge in [0.1, 0.15) is 23.1 Å². The molecule has 0 spiro atoms. The molecule has 176 valence electrons. The van der Waals surface area contributed by atoms with Crippen molar-refractivity contribution in [3.8, 4) is 0 Å². The molecule has 2 aromatic carbocycles. The van der Waals surface area contributed by atoms with E-state index in [1.807, 2.05) is 0 Å². The summed E-state index contributed by atoms with van der Waals surface area (Å²) < 4.78 is 56.4. The van der Waals surface area contributed by atoms with E-state index in [1.54, 1.807) is 42.5 Å². The number of pyridine rings is 1. The molecule has 2 aromatic heterocycles. The summed E-state index contributed by atoms with van der Waals surface area (Å²) in [5.41, 5.74) is 6.98. The summed E-state index contributed by atoms with van der Waals surface area (Å²) in [7, 11) is -4.22. The number of aromatic nitrogens is 2. The van der Waals surface area contributed by atoms with E-state index in [4.69, 9.17) is 5.53 Å². The van der Waals surface area contributed by atoms with Crippen LogP contribution in [0, 0.1) is 11.6 Å². The number of hydrogen-bond donors (Lipinski definition) is 1. The molecule has 0 atom stereocenters. The molecule has 2 heterocycles. The van der Waals surface area contributed by atoms with E-state index in [1.165, 1.54) is 17.0 Å². The van der Waals surface area contributed by atoms with Gasteiger partial charge in [-0.1, -0.05) is 18.2 Å². The average Bonchev–Trinajstić information content (AvgIpc) is 3.13. The maximum absolute atomic E-state index is 14.7. The van der Waals surface area contributed by atoms with Gasteiger partial charge in [0.15, 0.2) is 15.6 Å². The van der Waals surface area contributed by atoms with Crippen molar-refractivity contribution in [2.45, 2.75) is 17.9 Å². The lowest BCUT2D eigenvalue weighted by atomic mass is 10.2. The predicted octanol–water partition coefficient (Wildman–Crippen LogP) is 3.51. The number of carbonyl (C=O) groups excluding carboxylic acids is 1. The summed E-state index contributed by atoms with van der Waals surface area (Å²) in [6, 6.07) is 13.5. The molecule has 0 bridgehead atoms. The van der Waals surface area contributed by atoms with Gasteiger partial charge in [0.2, 0.25) is 0 Å². The number of nitrogens with zero attached hydrogens (tertiary/aromatic N) is 3. The van der Waals surface area contributed by atoms with E-state index in [0.717, 1.165) is 6.07 Å². The molecular weight excluding hydrogens is 464 g/mol. The van der Waals surface area contributed by atoms with Crippen LogP contribution >= 0.6 is 0 Å². The van der Waals surface area contributed by atoms with Gasteiger partial charge in [-0.3, -0.25) is 9.78 Å². The Morgan fingerprint density at radius 1 is 1.09 bits per heavy atom. The van der Waals surface area contributed by atoms with Crippen LogP contribution in [0.2, 0.25) is 0 Å². The lowest BCUT2D eigenvalue weighted by Gasteiger charge is -2.06. The van der Waals surface area contributed by atoms with E-state index in [9.17, 15) is 22.0 Å². The summed E-state index contributed by atoms with van der Waals surface area (Å²) in [4.78, 5) is 16.1. The number of benzene rings is 2. The number of nitrogens with two attached hydrogens (primary N) is 2. The first-order valence-corrected chi connectivity index (χ1v) is 11.5. The minimum absolute atomic E-state index is 0. The molecule has 4 aromatic rings. The molecule has 8 nitrogen and oxygen atoms in total. The number of Topliss-reactive ketones (excluding diaryl/α,β-unsaturated/α-hetero) is 1. The maximum Gasteiger partial charge on any atom is 0.187 e. The van der Waals surface area contributed by atoms with Crippen molar-refractivity contribution in [2.75, 3.05) is 5.75 Å². The van der Waals surface area contributed by atoms with E-state index in [2.05, 4.69) is 10.1 Å². The fourth-order valence-electron chi connectivity index (χ4n) is 3.65. The van der Waals surface area contributed by atoms with Crippen molar-refractivity contribution in [3.05, 3.63) is 96.0 Å². The van der Waals surface area contributed by atoms with Crippen LogP contribution < -0.4 is 5.53 Å². The van der Waals surface area contributed by atoms with Crippen molar-refractivity contribution in [1.82, 2.24) is 9.55 Å². The van der Waals surface area contributed by atoms with Gasteiger partial charge in [0.05, 0.1) is 15.8 Å². The molecule has 0 saturated heterocycles. The zero-order valence-electron chi connectivity index (χ0n) is 17.9. The fraction of sp³-hybridized carbons (Fsp3) is 0.130. The van der Waals surface area contributed by atoms with Crippen LogP contribution in [0.15, 0.2) is 77.0 Å². The summed E-state index contributed by atoms with van der Waals surface area (Å²) in [6.45, 7) is 0.111. The van der Waals surface area contributed by atoms with Crippen molar-refractivity contribution in [1.29, 1.82) is 0 Å². The van der Waals surface area contributed by atoms with Crippen LogP contribution in [0.4, 0.5) is 14.5 Å². The second kappa shape index (κ2) is 9.98. The fourth-order valence-corrected chi connectivity index (χ4v) is 5.13. The van der Waals surface area contributed by atoms with E-state index in [0.29, 0.717) is 23.0 Å². The lowest BCUT2D eigenvalue weighted by molar-refractivity contribution is -0.210. The molecule has 0 aliphatic heterocycles. The van der Waals surface area contributed by atoms with Gasteiger partial charge in [0.25, 0.3) is 0 Å².